The lowest BCUT2D eigenvalue weighted by Gasteiger charge is -2.05. The molecule has 0 bridgehead atoms. The lowest BCUT2D eigenvalue weighted by Crippen LogP contribution is -2.07. The maximum Gasteiger partial charge on any atom is 0.250 e. The zero-order valence-corrected chi connectivity index (χ0v) is 15.5. The molecule has 24 heavy (non-hydrogen) atoms. The molecule has 0 aromatic carbocycles. The van der Waals surface area contributed by atoms with Gasteiger partial charge in [0.1, 0.15) is 10.2 Å². The molecular weight excluding hydrogens is 346 g/mol. The van der Waals surface area contributed by atoms with Crippen molar-refractivity contribution in [1.29, 1.82) is 0 Å². The van der Waals surface area contributed by atoms with E-state index in [1.54, 1.807) is 10.8 Å². The standard InChI is InChI=1S/C16H20ClN5OS/c1-9(2)8-22-14(17)12(10(3)21-22)6-7-13(23)18-16-20-19-15(24-16)11-4-5-11/h6-7,9,11H,4-5,8H2,1-3H3,(H,18,20,23)/b7-6+. The van der Waals surface area contributed by atoms with Crippen molar-refractivity contribution in [3.05, 3.63) is 27.5 Å². The van der Waals surface area contributed by atoms with E-state index in [0.717, 1.165) is 22.8 Å². The van der Waals surface area contributed by atoms with Crippen molar-refractivity contribution in [3.8, 4) is 0 Å². The first-order valence-electron chi connectivity index (χ1n) is 7.99. The Hall–Kier alpha value is -1.73. The van der Waals surface area contributed by atoms with Crippen LogP contribution in [0.1, 0.15) is 48.9 Å². The summed E-state index contributed by atoms with van der Waals surface area (Å²) in [5.41, 5.74) is 1.57. The Labute approximate surface area is 149 Å². The second-order valence-corrected chi connectivity index (χ2v) is 7.78. The Morgan fingerprint density at radius 1 is 1.46 bits per heavy atom. The number of carbonyl (C=O) groups is 1. The van der Waals surface area contributed by atoms with Crippen molar-refractivity contribution in [2.45, 2.75) is 46.1 Å². The van der Waals surface area contributed by atoms with Gasteiger partial charge in [-0.3, -0.25) is 14.8 Å². The minimum absolute atomic E-state index is 0.249. The summed E-state index contributed by atoms with van der Waals surface area (Å²) in [6.07, 6.45) is 5.48. The number of nitrogens with zero attached hydrogens (tertiary/aromatic N) is 4. The fourth-order valence-corrected chi connectivity index (χ4v) is 3.53. The van der Waals surface area contributed by atoms with E-state index < -0.39 is 0 Å². The molecule has 2 aromatic heterocycles. The van der Waals surface area contributed by atoms with Crippen LogP contribution in [-0.4, -0.2) is 25.9 Å². The predicted octanol–water partition coefficient (Wildman–Crippen LogP) is 3.88. The predicted molar refractivity (Wildman–Crippen MR) is 96.4 cm³/mol. The molecule has 1 saturated carbocycles. The molecule has 1 aliphatic carbocycles. The highest BCUT2D eigenvalue weighted by Crippen LogP contribution is 2.42. The van der Waals surface area contributed by atoms with Crippen molar-refractivity contribution < 1.29 is 4.79 Å². The van der Waals surface area contributed by atoms with Gasteiger partial charge in [0.2, 0.25) is 11.0 Å². The molecule has 1 N–H and O–H groups in total. The monoisotopic (exact) mass is 365 g/mol. The minimum Gasteiger partial charge on any atom is -0.297 e. The molecule has 0 aliphatic heterocycles. The van der Waals surface area contributed by atoms with Gasteiger partial charge in [-0.2, -0.15) is 5.10 Å². The van der Waals surface area contributed by atoms with Gasteiger partial charge < -0.3 is 0 Å². The third kappa shape index (κ3) is 4.02. The number of anilines is 1. The van der Waals surface area contributed by atoms with E-state index in [1.165, 1.54) is 30.3 Å². The van der Waals surface area contributed by atoms with Crippen LogP contribution in [0.4, 0.5) is 5.13 Å². The number of hydrogen-bond donors (Lipinski definition) is 1. The van der Waals surface area contributed by atoms with E-state index in [1.807, 2.05) is 6.92 Å². The lowest BCUT2D eigenvalue weighted by molar-refractivity contribution is -0.111. The first-order chi connectivity index (χ1) is 11.4. The van der Waals surface area contributed by atoms with E-state index in [0.29, 0.717) is 22.1 Å². The first-order valence-corrected chi connectivity index (χ1v) is 9.19. The van der Waals surface area contributed by atoms with Gasteiger partial charge >= 0.3 is 0 Å². The molecule has 0 radical (unpaired) electrons. The van der Waals surface area contributed by atoms with Crippen LogP contribution in [0.2, 0.25) is 5.15 Å². The van der Waals surface area contributed by atoms with Crippen molar-refractivity contribution in [1.82, 2.24) is 20.0 Å². The largest absolute Gasteiger partial charge is 0.297 e. The number of carbonyl (C=O) groups excluding carboxylic acids is 1. The highest BCUT2D eigenvalue weighted by Gasteiger charge is 2.27. The molecular formula is C16H20ClN5OS. The van der Waals surface area contributed by atoms with Gasteiger partial charge in [-0.15, -0.1) is 10.2 Å². The Balaban J connectivity index is 1.65. The molecule has 128 valence electrons. The van der Waals surface area contributed by atoms with Crippen molar-refractivity contribution in [3.63, 3.8) is 0 Å². The average Bonchev–Trinajstić information content (AvgIpc) is 3.20. The molecule has 0 atom stereocenters. The summed E-state index contributed by atoms with van der Waals surface area (Å²) in [5, 5.41) is 17.4. The summed E-state index contributed by atoms with van der Waals surface area (Å²) >= 11 is 7.80. The summed E-state index contributed by atoms with van der Waals surface area (Å²) in [6.45, 7) is 6.84. The highest BCUT2D eigenvalue weighted by atomic mass is 35.5. The summed E-state index contributed by atoms with van der Waals surface area (Å²) in [4.78, 5) is 12.1. The second kappa shape index (κ2) is 7.03. The molecule has 8 heteroatoms. The van der Waals surface area contributed by atoms with E-state index in [9.17, 15) is 4.79 Å². The van der Waals surface area contributed by atoms with Crippen molar-refractivity contribution in [2.75, 3.05) is 5.32 Å². The van der Waals surface area contributed by atoms with Gasteiger partial charge in [0, 0.05) is 24.1 Å². The van der Waals surface area contributed by atoms with E-state index in [4.69, 9.17) is 11.6 Å². The molecule has 2 heterocycles. The molecule has 0 unspecified atom stereocenters. The highest BCUT2D eigenvalue weighted by molar-refractivity contribution is 7.15. The average molecular weight is 366 g/mol. The Bertz CT molecular complexity index is 776. The van der Waals surface area contributed by atoms with E-state index in [-0.39, 0.29) is 5.91 Å². The molecule has 1 aliphatic rings. The summed E-state index contributed by atoms with van der Waals surface area (Å²) < 4.78 is 1.77. The van der Waals surface area contributed by atoms with Crippen LogP contribution in [0.15, 0.2) is 6.08 Å². The summed E-state index contributed by atoms with van der Waals surface area (Å²) in [7, 11) is 0. The van der Waals surface area contributed by atoms with Crippen LogP contribution in [0.3, 0.4) is 0 Å². The number of halogens is 1. The fraction of sp³-hybridized carbons (Fsp3) is 0.500. The molecule has 1 fully saturated rings. The second-order valence-electron chi connectivity index (χ2n) is 6.41. The van der Waals surface area contributed by atoms with Gasteiger partial charge in [-0.25, -0.2) is 0 Å². The summed E-state index contributed by atoms with van der Waals surface area (Å²) in [6, 6.07) is 0. The molecule has 2 aromatic rings. The van der Waals surface area contributed by atoms with Gasteiger partial charge in [0.25, 0.3) is 0 Å². The quantitative estimate of drug-likeness (QED) is 0.788. The summed E-state index contributed by atoms with van der Waals surface area (Å²) in [5.74, 6) is 0.734. The normalized spacial score (nSPS) is 14.7. The van der Waals surface area contributed by atoms with Crippen LogP contribution in [0, 0.1) is 12.8 Å². The van der Waals surface area contributed by atoms with Crippen LogP contribution in [-0.2, 0) is 11.3 Å². The Morgan fingerprint density at radius 3 is 2.88 bits per heavy atom. The van der Waals surface area contributed by atoms with Gasteiger partial charge in [0.15, 0.2) is 0 Å². The van der Waals surface area contributed by atoms with E-state index in [2.05, 4.69) is 34.5 Å². The van der Waals surface area contributed by atoms with Crippen LogP contribution >= 0.6 is 22.9 Å². The van der Waals surface area contributed by atoms with Crippen LogP contribution in [0.25, 0.3) is 6.08 Å². The zero-order valence-electron chi connectivity index (χ0n) is 13.9. The van der Waals surface area contributed by atoms with Gasteiger partial charge in [-0.1, -0.05) is 36.8 Å². The SMILES string of the molecule is Cc1nn(CC(C)C)c(Cl)c1/C=C/C(=O)Nc1nnc(C2CC2)s1. The zero-order chi connectivity index (χ0) is 17.3. The number of amides is 1. The molecule has 1 amide bonds. The third-order valence-electron chi connectivity index (χ3n) is 3.65. The third-order valence-corrected chi connectivity index (χ3v) is 5.05. The lowest BCUT2D eigenvalue weighted by atomic mass is 10.2. The Morgan fingerprint density at radius 2 is 2.21 bits per heavy atom. The number of rotatable bonds is 6. The van der Waals surface area contributed by atoms with Crippen LogP contribution in [0.5, 0.6) is 0 Å². The smallest absolute Gasteiger partial charge is 0.250 e. The van der Waals surface area contributed by atoms with Crippen LogP contribution < -0.4 is 5.32 Å². The minimum atomic E-state index is -0.249. The molecule has 6 nitrogen and oxygen atoms in total. The van der Waals surface area contributed by atoms with Crippen molar-refractivity contribution in [2.24, 2.45) is 5.92 Å². The number of nitrogens with one attached hydrogen (secondary N) is 1. The topological polar surface area (TPSA) is 72.7 Å². The number of aromatic nitrogens is 4. The fourth-order valence-electron chi connectivity index (χ4n) is 2.31. The van der Waals surface area contributed by atoms with Crippen molar-refractivity contribution >= 4 is 40.1 Å². The first kappa shape index (κ1) is 17.1. The maximum atomic E-state index is 12.1. The van der Waals surface area contributed by atoms with Gasteiger partial charge in [0.05, 0.1) is 5.69 Å². The number of hydrogen-bond acceptors (Lipinski definition) is 5. The molecule has 0 spiro atoms. The Kier molecular flexibility index (Phi) is 5.01. The maximum absolute atomic E-state index is 12.1. The number of aryl methyl sites for hydroxylation is 1. The van der Waals surface area contributed by atoms with E-state index >= 15 is 0 Å². The molecule has 3 rings (SSSR count). The van der Waals surface area contributed by atoms with Gasteiger partial charge in [-0.05, 0) is 31.8 Å². The molecule has 0 saturated heterocycles.